The summed E-state index contributed by atoms with van der Waals surface area (Å²) in [6.07, 6.45) is 1.87. The van der Waals surface area contributed by atoms with Gasteiger partial charge in [-0.2, -0.15) is 13.2 Å². The summed E-state index contributed by atoms with van der Waals surface area (Å²) in [4.78, 5) is 52.2. The minimum Gasteiger partial charge on any atom is -0.347 e. The van der Waals surface area contributed by atoms with Crippen LogP contribution in [0, 0.1) is 5.82 Å². The fourth-order valence-corrected chi connectivity index (χ4v) is 6.16. The maximum atomic E-state index is 13.4. The minimum absolute atomic E-state index is 0.0800. The molecule has 0 bridgehead atoms. The van der Waals surface area contributed by atoms with Gasteiger partial charge in [0.05, 0.1) is 39.7 Å². The molecule has 318 valence electrons. The highest BCUT2D eigenvalue weighted by molar-refractivity contribution is 5.97. The lowest BCUT2D eigenvalue weighted by Gasteiger charge is -2.21. The van der Waals surface area contributed by atoms with E-state index in [1.54, 1.807) is 48.8 Å². The van der Waals surface area contributed by atoms with E-state index in [0.29, 0.717) is 45.0 Å². The van der Waals surface area contributed by atoms with E-state index in [9.17, 15) is 27.2 Å². The summed E-state index contributed by atoms with van der Waals surface area (Å²) in [5, 5.41) is 5.89. The lowest BCUT2D eigenvalue weighted by Crippen LogP contribution is -2.40. The Balaban J connectivity index is 0.000000232. The molecule has 0 atom stereocenters. The molecular weight excluding hydrogens is 785 g/mol. The molecule has 4 aromatic heterocycles. The number of carbonyl (C=O) groups excluding carboxylic acids is 2. The first-order valence-electron chi connectivity index (χ1n) is 19.7. The number of pyridine rings is 2. The van der Waals surface area contributed by atoms with Crippen molar-refractivity contribution in [2.75, 3.05) is 0 Å². The van der Waals surface area contributed by atoms with E-state index < -0.39 is 17.3 Å². The third kappa shape index (κ3) is 12.3. The highest BCUT2D eigenvalue weighted by Crippen LogP contribution is 2.33. The van der Waals surface area contributed by atoms with E-state index in [0.717, 1.165) is 34.6 Å². The van der Waals surface area contributed by atoms with Crippen LogP contribution in [0.3, 0.4) is 0 Å². The molecule has 14 heteroatoms. The Hall–Kier alpha value is -6.44. The predicted octanol–water partition coefficient (Wildman–Crippen LogP) is 10.9. The van der Waals surface area contributed by atoms with E-state index in [-0.39, 0.29) is 35.0 Å². The second kappa shape index (κ2) is 18.4. The standard InChI is InChI=1S/C24H25F3N4O.C23H25FN4O/c1-14(2)21-18(12-28-13-29-21)20-11-16(22(32)31-23(3,4)5)10-19(30-20)15-6-8-17(9-7-15)24(25,26)27;1-14(2)21-18(12-25-13-26-21)20-11-16(22(29)28-23(3,4)5)10-19(27-20)15-6-8-17(24)9-7-15/h6-14H,1-5H3,(H,31,32);6-14H,1-5H3,(H,28,29). The van der Waals surface area contributed by atoms with Gasteiger partial charge in [0.2, 0.25) is 0 Å². The van der Waals surface area contributed by atoms with Crippen LogP contribution >= 0.6 is 0 Å². The lowest BCUT2D eigenvalue weighted by molar-refractivity contribution is -0.137. The van der Waals surface area contributed by atoms with E-state index in [1.165, 1.54) is 36.9 Å². The van der Waals surface area contributed by atoms with Gasteiger partial charge in [0, 0.05) is 56.9 Å². The maximum absolute atomic E-state index is 13.4. The Bertz CT molecular complexity index is 2490. The first kappa shape index (κ1) is 45.6. The quantitative estimate of drug-likeness (QED) is 0.145. The largest absolute Gasteiger partial charge is 0.416 e. The van der Waals surface area contributed by atoms with Crippen LogP contribution in [-0.2, 0) is 6.18 Å². The zero-order valence-electron chi connectivity index (χ0n) is 35.9. The van der Waals surface area contributed by atoms with Crippen molar-refractivity contribution in [1.82, 2.24) is 40.5 Å². The Labute approximate surface area is 353 Å². The Morgan fingerprint density at radius 3 is 1.26 bits per heavy atom. The summed E-state index contributed by atoms with van der Waals surface area (Å²) < 4.78 is 52.3. The van der Waals surface area contributed by atoms with Crippen LogP contribution in [0.1, 0.15) is 119 Å². The third-order valence-corrected chi connectivity index (χ3v) is 8.93. The number of hydrogen-bond acceptors (Lipinski definition) is 8. The van der Waals surface area contributed by atoms with Gasteiger partial charge >= 0.3 is 6.18 Å². The zero-order valence-corrected chi connectivity index (χ0v) is 35.9. The molecular formula is C47H50F4N8O2. The monoisotopic (exact) mass is 834 g/mol. The molecule has 0 fully saturated rings. The van der Waals surface area contributed by atoms with Crippen LogP contribution in [0.4, 0.5) is 17.6 Å². The van der Waals surface area contributed by atoms with E-state index in [4.69, 9.17) is 4.98 Å². The number of benzene rings is 2. The molecule has 2 amide bonds. The van der Waals surface area contributed by atoms with E-state index in [1.807, 2.05) is 69.2 Å². The average Bonchev–Trinajstić information content (AvgIpc) is 3.19. The van der Waals surface area contributed by atoms with Crippen LogP contribution in [0.2, 0.25) is 0 Å². The van der Waals surface area contributed by atoms with Crippen molar-refractivity contribution < 1.29 is 27.2 Å². The summed E-state index contributed by atoms with van der Waals surface area (Å²) in [5.41, 5.74) is 5.53. The van der Waals surface area contributed by atoms with Gasteiger partial charge in [-0.1, -0.05) is 39.8 Å². The molecule has 0 saturated heterocycles. The van der Waals surface area contributed by atoms with Crippen molar-refractivity contribution in [2.45, 2.75) is 98.3 Å². The normalized spacial score (nSPS) is 11.9. The summed E-state index contributed by atoms with van der Waals surface area (Å²) in [6, 6.07) is 17.5. The summed E-state index contributed by atoms with van der Waals surface area (Å²) in [5.74, 6) is -0.591. The second-order valence-corrected chi connectivity index (χ2v) is 17.2. The fraction of sp³-hybridized carbons (Fsp3) is 0.319. The topological polar surface area (TPSA) is 136 Å². The van der Waals surface area contributed by atoms with Gasteiger partial charge in [0.1, 0.15) is 18.5 Å². The summed E-state index contributed by atoms with van der Waals surface area (Å²) in [7, 11) is 0. The molecule has 6 rings (SSSR count). The first-order chi connectivity index (χ1) is 28.5. The molecule has 10 nitrogen and oxygen atoms in total. The van der Waals surface area contributed by atoms with Crippen molar-refractivity contribution in [2.24, 2.45) is 0 Å². The number of amides is 2. The molecule has 0 radical (unpaired) electrons. The number of hydrogen-bond donors (Lipinski definition) is 2. The summed E-state index contributed by atoms with van der Waals surface area (Å²) in [6.45, 7) is 19.4. The van der Waals surface area contributed by atoms with Gasteiger partial charge in [-0.05, 0) is 114 Å². The van der Waals surface area contributed by atoms with Crippen molar-refractivity contribution >= 4 is 11.8 Å². The van der Waals surface area contributed by atoms with E-state index in [2.05, 4.69) is 35.6 Å². The van der Waals surface area contributed by atoms with Crippen LogP contribution in [0.5, 0.6) is 0 Å². The number of alkyl halides is 3. The minimum atomic E-state index is -4.43. The van der Waals surface area contributed by atoms with Gasteiger partial charge < -0.3 is 10.6 Å². The van der Waals surface area contributed by atoms with Gasteiger partial charge in [-0.15, -0.1) is 0 Å². The highest BCUT2D eigenvalue weighted by Gasteiger charge is 2.30. The Kier molecular flexibility index (Phi) is 13.8. The van der Waals surface area contributed by atoms with Crippen molar-refractivity contribution in [3.63, 3.8) is 0 Å². The SMILES string of the molecule is CC(C)c1ncncc1-c1cc(C(=O)NC(C)(C)C)cc(-c2ccc(C(F)(F)F)cc2)n1.CC(C)c1ncncc1-c1cc(C(=O)NC(C)(C)C)cc(-c2ccc(F)cc2)n1. The maximum Gasteiger partial charge on any atom is 0.416 e. The number of carbonyl (C=O) groups is 2. The third-order valence-electron chi connectivity index (χ3n) is 8.93. The molecule has 61 heavy (non-hydrogen) atoms. The second-order valence-electron chi connectivity index (χ2n) is 17.2. The number of nitrogens with one attached hydrogen (secondary N) is 2. The molecule has 6 aromatic rings. The molecule has 2 N–H and O–H groups in total. The molecule has 0 unspecified atom stereocenters. The van der Waals surface area contributed by atoms with Crippen molar-refractivity contribution in [3.05, 3.63) is 132 Å². The first-order valence-corrected chi connectivity index (χ1v) is 19.7. The Morgan fingerprint density at radius 2 is 0.918 bits per heavy atom. The molecule has 0 spiro atoms. The van der Waals surface area contributed by atoms with Gasteiger partial charge in [-0.25, -0.2) is 34.3 Å². The van der Waals surface area contributed by atoms with Crippen molar-refractivity contribution in [1.29, 1.82) is 0 Å². The average molecular weight is 835 g/mol. The number of halogens is 4. The van der Waals surface area contributed by atoms with Crippen molar-refractivity contribution in [3.8, 4) is 45.0 Å². The molecule has 0 saturated carbocycles. The lowest BCUT2D eigenvalue weighted by atomic mass is 9.99. The molecule has 0 aliphatic heterocycles. The van der Waals surface area contributed by atoms with Crippen LogP contribution < -0.4 is 10.6 Å². The summed E-state index contributed by atoms with van der Waals surface area (Å²) >= 11 is 0. The Morgan fingerprint density at radius 1 is 0.557 bits per heavy atom. The number of aromatic nitrogens is 6. The van der Waals surface area contributed by atoms with Gasteiger partial charge in [0.15, 0.2) is 0 Å². The molecule has 0 aliphatic carbocycles. The smallest absolute Gasteiger partial charge is 0.347 e. The van der Waals surface area contributed by atoms with Crippen LogP contribution in [0.25, 0.3) is 45.0 Å². The van der Waals surface area contributed by atoms with Gasteiger partial charge in [-0.3, -0.25) is 9.59 Å². The van der Waals surface area contributed by atoms with Crippen LogP contribution in [-0.4, -0.2) is 52.8 Å². The fourth-order valence-electron chi connectivity index (χ4n) is 6.16. The van der Waals surface area contributed by atoms with Gasteiger partial charge in [0.25, 0.3) is 11.8 Å². The van der Waals surface area contributed by atoms with E-state index >= 15 is 0 Å². The zero-order chi connectivity index (χ0) is 44.9. The molecule has 4 heterocycles. The molecule has 0 aliphatic rings. The number of nitrogens with zero attached hydrogens (tertiary/aromatic N) is 6. The van der Waals surface area contributed by atoms with Crippen LogP contribution in [0.15, 0.2) is 97.8 Å². The highest BCUT2D eigenvalue weighted by atomic mass is 19.4. The molecule has 2 aromatic carbocycles. The predicted molar refractivity (Wildman–Crippen MR) is 229 cm³/mol. The number of rotatable bonds is 8.